The third-order valence-corrected chi connectivity index (χ3v) is 5.07. The highest BCUT2D eigenvalue weighted by Crippen LogP contribution is 2.35. The first-order valence-electron chi connectivity index (χ1n) is 8.92. The van der Waals surface area contributed by atoms with Crippen molar-refractivity contribution in [1.29, 1.82) is 0 Å². The number of hydrogen-bond donors (Lipinski definition) is 2. The zero-order valence-corrected chi connectivity index (χ0v) is 15.3. The molecule has 0 bridgehead atoms. The van der Waals surface area contributed by atoms with Gasteiger partial charge in [-0.15, -0.1) is 0 Å². The molecule has 1 aromatic heterocycles. The topological polar surface area (TPSA) is 77.2 Å². The lowest BCUT2D eigenvalue weighted by atomic mass is 9.74. The Labute approximate surface area is 144 Å². The minimum absolute atomic E-state index is 0.0949. The van der Waals surface area contributed by atoms with Crippen LogP contribution in [0.15, 0.2) is 6.33 Å². The Bertz CT molecular complexity index is 544. The minimum Gasteiger partial charge on any atom is -0.339 e. The van der Waals surface area contributed by atoms with Gasteiger partial charge in [0.05, 0.1) is 0 Å². The fourth-order valence-electron chi connectivity index (χ4n) is 4.57. The molecule has 0 unspecified atom stereocenters. The van der Waals surface area contributed by atoms with Crippen molar-refractivity contribution in [2.24, 2.45) is 5.92 Å². The van der Waals surface area contributed by atoms with Crippen LogP contribution >= 0.6 is 0 Å². The summed E-state index contributed by atoms with van der Waals surface area (Å²) in [4.78, 5) is 21.1. The third-order valence-electron chi connectivity index (χ3n) is 5.07. The van der Waals surface area contributed by atoms with Crippen LogP contribution in [0, 0.1) is 5.92 Å². The maximum atomic E-state index is 12.7. The normalized spacial score (nSPS) is 24.2. The number of rotatable bonds is 3. The number of carbonyl (C=O) groups is 1. The molecule has 7 nitrogen and oxygen atoms in total. The molecular weight excluding hydrogens is 304 g/mol. The summed E-state index contributed by atoms with van der Waals surface area (Å²) < 4.78 is 0. The summed E-state index contributed by atoms with van der Waals surface area (Å²) in [6, 6.07) is 0. The predicted molar refractivity (Wildman–Crippen MR) is 93.8 cm³/mol. The Morgan fingerprint density at radius 3 is 2.33 bits per heavy atom. The molecule has 2 fully saturated rings. The minimum atomic E-state index is 0.0949. The van der Waals surface area contributed by atoms with E-state index in [4.69, 9.17) is 0 Å². The predicted octanol–water partition coefficient (Wildman–Crippen LogP) is 1.40. The maximum Gasteiger partial charge on any atom is 0.222 e. The molecule has 0 atom stereocenters. The number of H-pyrrole nitrogens is 1. The summed E-state index contributed by atoms with van der Waals surface area (Å²) in [6.45, 7) is 12.1. The lowest BCUT2D eigenvalue weighted by Crippen LogP contribution is -2.58. The molecular formula is C17H30N6O. The molecule has 1 amide bonds. The smallest absolute Gasteiger partial charge is 0.222 e. The fourth-order valence-corrected chi connectivity index (χ4v) is 4.57. The lowest BCUT2D eigenvalue weighted by molar-refractivity contribution is -0.133. The molecule has 2 aliphatic rings. The lowest BCUT2D eigenvalue weighted by Gasteiger charge is -2.47. The van der Waals surface area contributed by atoms with Crippen LogP contribution in [0.2, 0.25) is 0 Å². The first-order valence-corrected chi connectivity index (χ1v) is 8.92. The van der Waals surface area contributed by atoms with E-state index in [2.05, 4.69) is 53.1 Å². The van der Waals surface area contributed by atoms with Gasteiger partial charge in [0, 0.05) is 43.7 Å². The second-order valence-electron chi connectivity index (χ2n) is 8.55. The van der Waals surface area contributed by atoms with Crippen molar-refractivity contribution in [2.45, 2.75) is 58.0 Å². The van der Waals surface area contributed by atoms with E-state index < -0.39 is 0 Å². The van der Waals surface area contributed by atoms with Gasteiger partial charge < -0.3 is 15.1 Å². The van der Waals surface area contributed by atoms with Crippen molar-refractivity contribution in [3.63, 3.8) is 0 Å². The number of nitrogens with one attached hydrogen (secondary N) is 2. The van der Waals surface area contributed by atoms with Crippen LogP contribution in [0.5, 0.6) is 0 Å². The Morgan fingerprint density at radius 2 is 1.79 bits per heavy atom. The number of hydrogen-bond acceptors (Lipinski definition) is 5. The molecule has 3 rings (SSSR count). The molecule has 0 radical (unpaired) electrons. The number of piperidine rings is 1. The van der Waals surface area contributed by atoms with Crippen LogP contribution < -0.4 is 10.2 Å². The number of aromatic nitrogens is 3. The fraction of sp³-hybridized carbons (Fsp3) is 0.824. The maximum absolute atomic E-state index is 12.7. The summed E-state index contributed by atoms with van der Waals surface area (Å²) in [6.07, 6.45) is 4.30. The number of amides is 1. The van der Waals surface area contributed by atoms with Gasteiger partial charge in [-0.05, 0) is 46.5 Å². The molecule has 1 aromatic rings. The van der Waals surface area contributed by atoms with Crippen molar-refractivity contribution in [1.82, 2.24) is 25.4 Å². The largest absolute Gasteiger partial charge is 0.339 e. The summed E-state index contributed by atoms with van der Waals surface area (Å²) >= 11 is 0. The second-order valence-corrected chi connectivity index (χ2v) is 8.55. The number of piperazine rings is 1. The van der Waals surface area contributed by atoms with Crippen LogP contribution in [0.4, 0.5) is 5.95 Å². The summed E-state index contributed by atoms with van der Waals surface area (Å²) in [7, 11) is 0. The van der Waals surface area contributed by atoms with Gasteiger partial charge in [0.2, 0.25) is 11.9 Å². The summed E-state index contributed by atoms with van der Waals surface area (Å²) in [5.74, 6) is 1.55. The third kappa shape index (κ3) is 4.06. The zero-order valence-electron chi connectivity index (χ0n) is 15.3. The number of aromatic amines is 1. The second kappa shape index (κ2) is 6.35. The standard InChI is InChI=1S/C17H30N6O/c1-16(2)10-13(11-17(3,4)21-16)9-14(24)22-5-7-23(8-6-22)15-18-12-19-20-15/h12-13,21H,5-11H2,1-4H3,(H,18,19,20). The Morgan fingerprint density at radius 1 is 1.17 bits per heavy atom. The monoisotopic (exact) mass is 334 g/mol. The summed E-state index contributed by atoms with van der Waals surface area (Å²) in [5, 5.41) is 10.5. The van der Waals surface area contributed by atoms with E-state index in [1.165, 1.54) is 6.33 Å². The van der Waals surface area contributed by atoms with E-state index in [0.717, 1.165) is 45.0 Å². The molecule has 0 aromatic carbocycles. The molecule has 0 aliphatic carbocycles. The molecule has 7 heteroatoms. The quantitative estimate of drug-likeness (QED) is 0.874. The van der Waals surface area contributed by atoms with Crippen molar-refractivity contribution < 1.29 is 4.79 Å². The Hall–Kier alpha value is -1.63. The zero-order chi connectivity index (χ0) is 17.4. The van der Waals surface area contributed by atoms with Crippen LogP contribution in [0.1, 0.15) is 47.0 Å². The number of anilines is 1. The van der Waals surface area contributed by atoms with Crippen molar-refractivity contribution in [2.75, 3.05) is 31.1 Å². The van der Waals surface area contributed by atoms with Gasteiger partial charge in [-0.3, -0.25) is 4.79 Å². The van der Waals surface area contributed by atoms with E-state index in [-0.39, 0.29) is 11.1 Å². The van der Waals surface area contributed by atoms with Crippen LogP contribution in [-0.2, 0) is 4.79 Å². The van der Waals surface area contributed by atoms with Gasteiger partial charge in [0.15, 0.2) is 0 Å². The summed E-state index contributed by atoms with van der Waals surface area (Å²) in [5.41, 5.74) is 0.190. The van der Waals surface area contributed by atoms with Crippen LogP contribution in [0.3, 0.4) is 0 Å². The molecule has 24 heavy (non-hydrogen) atoms. The molecule has 2 saturated heterocycles. The van der Waals surface area contributed by atoms with E-state index in [1.54, 1.807) is 0 Å². The highest BCUT2D eigenvalue weighted by molar-refractivity contribution is 5.76. The highest BCUT2D eigenvalue weighted by atomic mass is 16.2. The van der Waals surface area contributed by atoms with Crippen molar-refractivity contribution >= 4 is 11.9 Å². The highest BCUT2D eigenvalue weighted by Gasteiger charge is 2.38. The van der Waals surface area contributed by atoms with Gasteiger partial charge >= 0.3 is 0 Å². The van der Waals surface area contributed by atoms with E-state index in [0.29, 0.717) is 18.2 Å². The molecule has 134 valence electrons. The van der Waals surface area contributed by atoms with Crippen LogP contribution in [0.25, 0.3) is 0 Å². The SMILES string of the molecule is CC1(C)CC(CC(=O)N2CCN(c3ncn[nH]3)CC2)CC(C)(C)N1. The van der Waals surface area contributed by atoms with Crippen LogP contribution in [-0.4, -0.2) is 63.2 Å². The first-order chi connectivity index (χ1) is 11.2. The van der Waals surface area contributed by atoms with Gasteiger partial charge in [0.1, 0.15) is 6.33 Å². The van der Waals surface area contributed by atoms with Gasteiger partial charge in [-0.2, -0.15) is 10.1 Å². The van der Waals surface area contributed by atoms with Crippen molar-refractivity contribution in [3.05, 3.63) is 6.33 Å². The number of carbonyl (C=O) groups excluding carboxylic acids is 1. The van der Waals surface area contributed by atoms with E-state index in [1.807, 2.05) is 4.90 Å². The Balaban J connectivity index is 1.52. The van der Waals surface area contributed by atoms with E-state index >= 15 is 0 Å². The molecule has 2 aliphatic heterocycles. The molecule has 2 N–H and O–H groups in total. The van der Waals surface area contributed by atoms with Crippen molar-refractivity contribution in [3.8, 4) is 0 Å². The first kappa shape index (κ1) is 17.2. The average molecular weight is 334 g/mol. The Kier molecular flexibility index (Phi) is 4.55. The van der Waals surface area contributed by atoms with E-state index in [9.17, 15) is 4.79 Å². The average Bonchev–Trinajstić information content (AvgIpc) is 2.98. The molecule has 3 heterocycles. The molecule has 0 spiro atoms. The van der Waals surface area contributed by atoms with Gasteiger partial charge in [0.25, 0.3) is 0 Å². The molecule has 0 saturated carbocycles. The van der Waals surface area contributed by atoms with Gasteiger partial charge in [-0.25, -0.2) is 5.10 Å². The van der Waals surface area contributed by atoms with Gasteiger partial charge in [-0.1, -0.05) is 0 Å². The number of nitrogens with zero attached hydrogens (tertiary/aromatic N) is 4.